The molecule has 2 N–H and O–H groups in total. The Labute approximate surface area is 197 Å². The predicted molar refractivity (Wildman–Crippen MR) is 129 cm³/mol. The standard InChI is InChI=1S/C27H36N2O4/c1-4-33-23-12-10-22(11-13-23)27(14-16-32-17-15-27)19-28-26(31)25(21-8-6-5-7-9-21)29-24(30)18-20(2)3/h5-13,20,25H,4,14-19H2,1-3H3,(H,28,31)(H,29,30). The summed E-state index contributed by atoms with van der Waals surface area (Å²) in [6.45, 7) is 8.34. The van der Waals surface area contributed by atoms with Crippen LogP contribution in [0.15, 0.2) is 54.6 Å². The van der Waals surface area contributed by atoms with Crippen molar-refractivity contribution < 1.29 is 19.1 Å². The molecule has 1 unspecified atom stereocenters. The van der Waals surface area contributed by atoms with E-state index in [2.05, 4.69) is 22.8 Å². The maximum absolute atomic E-state index is 13.3. The Morgan fingerprint density at radius 1 is 1.03 bits per heavy atom. The van der Waals surface area contributed by atoms with E-state index in [0.29, 0.717) is 32.8 Å². The normalized spacial score (nSPS) is 16.1. The summed E-state index contributed by atoms with van der Waals surface area (Å²) >= 11 is 0. The zero-order valence-corrected chi connectivity index (χ0v) is 19.9. The number of rotatable bonds is 10. The number of carbonyl (C=O) groups is 2. The van der Waals surface area contributed by atoms with Crippen LogP contribution in [0, 0.1) is 5.92 Å². The Morgan fingerprint density at radius 2 is 1.70 bits per heavy atom. The molecular weight excluding hydrogens is 416 g/mol. The van der Waals surface area contributed by atoms with Crippen LogP contribution in [0.2, 0.25) is 0 Å². The van der Waals surface area contributed by atoms with Gasteiger partial charge in [-0.1, -0.05) is 56.3 Å². The molecule has 0 aliphatic carbocycles. The second kappa shape index (κ2) is 11.8. The Morgan fingerprint density at radius 3 is 2.30 bits per heavy atom. The first-order valence-electron chi connectivity index (χ1n) is 11.9. The van der Waals surface area contributed by atoms with Gasteiger partial charge in [-0.05, 0) is 48.9 Å². The van der Waals surface area contributed by atoms with Crippen LogP contribution < -0.4 is 15.4 Å². The van der Waals surface area contributed by atoms with Crippen LogP contribution in [0.5, 0.6) is 5.75 Å². The molecule has 3 rings (SSSR count). The van der Waals surface area contributed by atoms with Gasteiger partial charge in [0.15, 0.2) is 0 Å². The molecule has 0 aromatic heterocycles. The largest absolute Gasteiger partial charge is 0.494 e. The van der Waals surface area contributed by atoms with E-state index in [9.17, 15) is 9.59 Å². The lowest BCUT2D eigenvalue weighted by molar-refractivity contribution is -0.129. The van der Waals surface area contributed by atoms with Crippen LogP contribution >= 0.6 is 0 Å². The molecule has 1 fully saturated rings. The molecule has 178 valence electrons. The van der Waals surface area contributed by atoms with E-state index in [1.165, 1.54) is 0 Å². The van der Waals surface area contributed by atoms with Crippen molar-refractivity contribution >= 4 is 11.8 Å². The topological polar surface area (TPSA) is 76.7 Å². The number of hydrogen-bond acceptors (Lipinski definition) is 4. The smallest absolute Gasteiger partial charge is 0.247 e. The van der Waals surface area contributed by atoms with Crippen LogP contribution in [0.4, 0.5) is 0 Å². The second-order valence-corrected chi connectivity index (χ2v) is 9.08. The first-order chi connectivity index (χ1) is 15.9. The fraction of sp³-hybridized carbons (Fsp3) is 0.481. The van der Waals surface area contributed by atoms with Crippen molar-refractivity contribution in [2.75, 3.05) is 26.4 Å². The zero-order valence-electron chi connectivity index (χ0n) is 19.9. The monoisotopic (exact) mass is 452 g/mol. The molecule has 0 saturated carbocycles. The van der Waals surface area contributed by atoms with Gasteiger partial charge in [-0.25, -0.2) is 0 Å². The lowest BCUT2D eigenvalue weighted by Gasteiger charge is -2.38. The highest BCUT2D eigenvalue weighted by atomic mass is 16.5. The van der Waals surface area contributed by atoms with Crippen molar-refractivity contribution in [2.24, 2.45) is 5.92 Å². The molecule has 2 aromatic rings. The fourth-order valence-electron chi connectivity index (χ4n) is 4.30. The highest BCUT2D eigenvalue weighted by Crippen LogP contribution is 2.35. The fourth-order valence-corrected chi connectivity index (χ4v) is 4.30. The summed E-state index contributed by atoms with van der Waals surface area (Å²) in [7, 11) is 0. The molecule has 0 radical (unpaired) electrons. The molecule has 1 heterocycles. The van der Waals surface area contributed by atoms with E-state index >= 15 is 0 Å². The lowest BCUT2D eigenvalue weighted by atomic mass is 9.74. The minimum Gasteiger partial charge on any atom is -0.494 e. The summed E-state index contributed by atoms with van der Waals surface area (Å²) < 4.78 is 11.2. The molecule has 0 spiro atoms. The summed E-state index contributed by atoms with van der Waals surface area (Å²) in [5.74, 6) is 0.732. The van der Waals surface area contributed by atoms with Gasteiger partial charge in [0, 0.05) is 31.6 Å². The van der Waals surface area contributed by atoms with Crippen LogP contribution in [-0.4, -0.2) is 38.2 Å². The first kappa shape index (κ1) is 24.8. The molecule has 1 saturated heterocycles. The van der Waals surface area contributed by atoms with Gasteiger partial charge in [0.1, 0.15) is 11.8 Å². The van der Waals surface area contributed by atoms with Crippen molar-refractivity contribution in [1.82, 2.24) is 10.6 Å². The second-order valence-electron chi connectivity index (χ2n) is 9.08. The summed E-state index contributed by atoms with van der Waals surface area (Å²) in [5.41, 5.74) is 1.71. The maximum atomic E-state index is 13.3. The van der Waals surface area contributed by atoms with E-state index < -0.39 is 6.04 Å². The molecule has 33 heavy (non-hydrogen) atoms. The number of amides is 2. The van der Waals surface area contributed by atoms with Crippen molar-refractivity contribution in [1.29, 1.82) is 0 Å². The highest BCUT2D eigenvalue weighted by Gasteiger charge is 2.36. The molecule has 1 aliphatic heterocycles. The molecule has 6 nitrogen and oxygen atoms in total. The van der Waals surface area contributed by atoms with Gasteiger partial charge in [-0.2, -0.15) is 0 Å². The van der Waals surface area contributed by atoms with Gasteiger partial charge in [0.05, 0.1) is 6.61 Å². The third kappa shape index (κ3) is 6.81. The quantitative estimate of drug-likeness (QED) is 0.568. The molecule has 0 bridgehead atoms. The molecule has 2 amide bonds. The van der Waals surface area contributed by atoms with E-state index in [1.807, 2.05) is 63.2 Å². The van der Waals surface area contributed by atoms with E-state index in [1.54, 1.807) is 0 Å². The SMILES string of the molecule is CCOc1ccc(C2(CNC(=O)C(NC(=O)CC(C)C)c3ccccc3)CCOCC2)cc1. The van der Waals surface area contributed by atoms with Gasteiger partial charge < -0.3 is 20.1 Å². The van der Waals surface area contributed by atoms with Crippen molar-refractivity contribution in [3.63, 3.8) is 0 Å². The van der Waals surface area contributed by atoms with Gasteiger partial charge in [0.25, 0.3) is 0 Å². The number of hydrogen-bond donors (Lipinski definition) is 2. The average Bonchev–Trinajstić information content (AvgIpc) is 2.82. The van der Waals surface area contributed by atoms with Crippen LogP contribution in [0.25, 0.3) is 0 Å². The van der Waals surface area contributed by atoms with Crippen molar-refractivity contribution in [3.05, 3.63) is 65.7 Å². The van der Waals surface area contributed by atoms with Gasteiger partial charge in [-0.15, -0.1) is 0 Å². The summed E-state index contributed by atoms with van der Waals surface area (Å²) in [6, 6.07) is 16.8. The molecule has 1 aliphatic rings. The van der Waals surface area contributed by atoms with Gasteiger partial charge >= 0.3 is 0 Å². The van der Waals surface area contributed by atoms with Gasteiger partial charge in [-0.3, -0.25) is 9.59 Å². The third-order valence-corrected chi connectivity index (χ3v) is 6.12. The molecule has 2 aromatic carbocycles. The number of benzene rings is 2. The average molecular weight is 453 g/mol. The number of nitrogens with one attached hydrogen (secondary N) is 2. The number of carbonyl (C=O) groups excluding carboxylic acids is 2. The Bertz CT molecular complexity index is 890. The summed E-state index contributed by atoms with van der Waals surface area (Å²) in [6.07, 6.45) is 2.01. The molecular formula is C27H36N2O4. The Kier molecular flexibility index (Phi) is 8.89. The Balaban J connectivity index is 1.77. The van der Waals surface area contributed by atoms with Gasteiger partial charge in [0.2, 0.25) is 11.8 Å². The predicted octanol–water partition coefficient (Wildman–Crippen LogP) is 4.15. The number of ether oxygens (including phenoxy) is 2. The Hall–Kier alpha value is -2.86. The van der Waals surface area contributed by atoms with Crippen LogP contribution in [0.1, 0.15) is 57.2 Å². The minimum atomic E-state index is -0.727. The third-order valence-electron chi connectivity index (χ3n) is 6.12. The lowest BCUT2D eigenvalue weighted by Crippen LogP contribution is -2.48. The van der Waals surface area contributed by atoms with E-state index in [4.69, 9.17) is 9.47 Å². The molecule has 6 heteroatoms. The van der Waals surface area contributed by atoms with Crippen molar-refractivity contribution in [3.8, 4) is 5.75 Å². The van der Waals surface area contributed by atoms with E-state index in [0.717, 1.165) is 29.7 Å². The molecule has 1 atom stereocenters. The van der Waals surface area contributed by atoms with Crippen LogP contribution in [0.3, 0.4) is 0 Å². The zero-order chi connectivity index (χ0) is 23.7. The minimum absolute atomic E-state index is 0.124. The first-order valence-corrected chi connectivity index (χ1v) is 11.9. The van der Waals surface area contributed by atoms with Crippen LogP contribution in [-0.2, 0) is 19.7 Å². The summed E-state index contributed by atoms with van der Waals surface area (Å²) in [4.78, 5) is 25.8. The van der Waals surface area contributed by atoms with Crippen molar-refractivity contribution in [2.45, 2.75) is 51.5 Å². The maximum Gasteiger partial charge on any atom is 0.247 e. The van der Waals surface area contributed by atoms with E-state index in [-0.39, 0.29) is 23.1 Å². The summed E-state index contributed by atoms with van der Waals surface area (Å²) in [5, 5.41) is 6.08. The highest BCUT2D eigenvalue weighted by molar-refractivity contribution is 5.88.